The monoisotopic (exact) mass is 469 g/mol. The number of imidazole rings is 1. The number of fused-ring (bicyclic) bond motifs is 1. The Kier molecular flexibility index (Phi) is 7.08. The molecule has 0 aromatic carbocycles. The highest BCUT2D eigenvalue weighted by Crippen LogP contribution is 2.17. The number of rotatable bonds is 3. The van der Waals surface area contributed by atoms with Crippen LogP contribution in [0.4, 0.5) is 13.2 Å². The summed E-state index contributed by atoms with van der Waals surface area (Å²) in [6.07, 6.45) is 0.874. The smallest absolute Gasteiger partial charge is 0.475 e. The van der Waals surface area contributed by atoms with Crippen molar-refractivity contribution in [3.8, 4) is 0 Å². The van der Waals surface area contributed by atoms with E-state index in [1.165, 1.54) is 11.3 Å². The van der Waals surface area contributed by atoms with E-state index in [1.807, 2.05) is 28.3 Å². The molecule has 1 aliphatic rings. The molecule has 0 fully saturated rings. The van der Waals surface area contributed by atoms with Crippen LogP contribution in [0.25, 0.3) is 0 Å². The van der Waals surface area contributed by atoms with E-state index in [0.29, 0.717) is 42.6 Å². The highest BCUT2D eigenvalue weighted by molar-refractivity contribution is 7.12. The maximum atomic E-state index is 12.7. The van der Waals surface area contributed by atoms with Crippen molar-refractivity contribution in [1.29, 1.82) is 0 Å². The summed E-state index contributed by atoms with van der Waals surface area (Å²) < 4.78 is 35.3. The van der Waals surface area contributed by atoms with Crippen molar-refractivity contribution in [2.75, 3.05) is 6.54 Å². The largest absolute Gasteiger partial charge is 0.490 e. The lowest BCUT2D eigenvalue weighted by Gasteiger charge is -2.19. The first kappa shape index (κ1) is 23.2. The molecule has 1 aliphatic heterocycles. The summed E-state index contributed by atoms with van der Waals surface area (Å²) >= 11 is 1.43. The zero-order chi connectivity index (χ0) is 23.3. The molecule has 0 unspecified atom stereocenters. The summed E-state index contributed by atoms with van der Waals surface area (Å²) in [7, 11) is 0. The third-order valence-corrected chi connectivity index (χ3v) is 5.31. The Morgan fingerprint density at radius 1 is 1.25 bits per heavy atom. The van der Waals surface area contributed by atoms with E-state index in [4.69, 9.17) is 9.90 Å². The second-order valence-electron chi connectivity index (χ2n) is 6.75. The Labute approximate surface area is 183 Å². The van der Waals surface area contributed by atoms with Crippen LogP contribution in [0.3, 0.4) is 0 Å². The van der Waals surface area contributed by atoms with Gasteiger partial charge in [0.1, 0.15) is 5.82 Å². The molecule has 0 saturated carbocycles. The van der Waals surface area contributed by atoms with Crippen LogP contribution in [0.15, 0.2) is 47.1 Å². The van der Waals surface area contributed by atoms with Crippen LogP contribution < -0.4 is 5.56 Å². The van der Waals surface area contributed by atoms with E-state index in [1.54, 1.807) is 28.1 Å². The summed E-state index contributed by atoms with van der Waals surface area (Å²) in [6, 6.07) is 5.27. The quantitative estimate of drug-likeness (QED) is 0.630. The fraction of sp³-hybridized carbons (Fsp3) is 0.316. The molecule has 4 heterocycles. The standard InChI is InChI=1S/C17H17N5O2S.C2HF3O2/c23-16-9-13(10-20-7-4-18-12-20)19-15-11-21(5-2-6-22(15)16)17(24)14-3-1-8-25-14;3-2(4,5)1(6)7/h1,3-4,7-9,12H,2,5-6,10-11H2;(H,6,7). The van der Waals surface area contributed by atoms with Gasteiger partial charge in [0.05, 0.1) is 30.0 Å². The Morgan fingerprint density at radius 3 is 2.59 bits per heavy atom. The second-order valence-corrected chi connectivity index (χ2v) is 7.70. The molecular weight excluding hydrogens is 451 g/mol. The van der Waals surface area contributed by atoms with Crippen LogP contribution in [0, 0.1) is 0 Å². The van der Waals surface area contributed by atoms with Crippen molar-refractivity contribution in [3.63, 3.8) is 0 Å². The molecule has 0 bridgehead atoms. The number of carbonyl (C=O) groups is 2. The number of hydrogen-bond acceptors (Lipinski definition) is 6. The van der Waals surface area contributed by atoms with Crippen LogP contribution >= 0.6 is 11.3 Å². The van der Waals surface area contributed by atoms with E-state index in [0.717, 1.165) is 6.42 Å². The van der Waals surface area contributed by atoms with Gasteiger partial charge in [-0.3, -0.25) is 14.2 Å². The van der Waals surface area contributed by atoms with Crippen molar-refractivity contribution >= 4 is 23.2 Å². The number of nitrogens with zero attached hydrogens (tertiary/aromatic N) is 5. The van der Waals surface area contributed by atoms with Gasteiger partial charge in [0.25, 0.3) is 11.5 Å². The van der Waals surface area contributed by atoms with Crippen LogP contribution in [0.2, 0.25) is 0 Å². The maximum absolute atomic E-state index is 12.7. The fourth-order valence-electron chi connectivity index (χ4n) is 3.01. The average molecular weight is 469 g/mol. The summed E-state index contributed by atoms with van der Waals surface area (Å²) in [5.74, 6) is -2.12. The third-order valence-electron chi connectivity index (χ3n) is 4.45. The molecule has 0 radical (unpaired) electrons. The molecule has 1 N–H and O–H groups in total. The van der Waals surface area contributed by atoms with Gasteiger partial charge in [-0.05, 0) is 17.9 Å². The van der Waals surface area contributed by atoms with Gasteiger partial charge >= 0.3 is 12.1 Å². The predicted molar refractivity (Wildman–Crippen MR) is 107 cm³/mol. The van der Waals surface area contributed by atoms with E-state index < -0.39 is 12.1 Å². The van der Waals surface area contributed by atoms with Gasteiger partial charge in [0.2, 0.25) is 0 Å². The van der Waals surface area contributed by atoms with Crippen molar-refractivity contribution in [2.45, 2.75) is 32.2 Å². The first-order chi connectivity index (χ1) is 15.1. The topological polar surface area (TPSA) is 110 Å². The molecule has 32 heavy (non-hydrogen) atoms. The van der Waals surface area contributed by atoms with E-state index >= 15 is 0 Å². The minimum absolute atomic E-state index is 0.00212. The lowest BCUT2D eigenvalue weighted by molar-refractivity contribution is -0.192. The molecular formula is C19H18F3N5O4S. The van der Waals surface area contributed by atoms with E-state index in [2.05, 4.69) is 9.97 Å². The predicted octanol–water partition coefficient (Wildman–Crippen LogP) is 2.23. The van der Waals surface area contributed by atoms with Gasteiger partial charge in [-0.15, -0.1) is 11.3 Å². The number of amides is 1. The number of carbonyl (C=O) groups excluding carboxylic acids is 1. The normalized spacial score (nSPS) is 13.5. The SMILES string of the molecule is O=C(O)C(F)(F)F.O=C(c1cccs1)N1CCCn2c(nc(Cn3ccnc3)cc2=O)C1. The van der Waals surface area contributed by atoms with Crippen LogP contribution in [0.5, 0.6) is 0 Å². The van der Waals surface area contributed by atoms with Crippen molar-refractivity contribution < 1.29 is 27.9 Å². The minimum Gasteiger partial charge on any atom is -0.475 e. The molecule has 0 spiro atoms. The van der Waals surface area contributed by atoms with Crippen LogP contribution in [-0.2, 0) is 24.4 Å². The van der Waals surface area contributed by atoms with Gasteiger partial charge in [-0.2, -0.15) is 13.2 Å². The molecule has 0 aliphatic carbocycles. The molecule has 3 aromatic heterocycles. The number of halogens is 3. The molecule has 9 nitrogen and oxygen atoms in total. The van der Waals surface area contributed by atoms with Gasteiger partial charge in [-0.25, -0.2) is 14.8 Å². The molecule has 4 rings (SSSR count). The molecule has 1 amide bonds. The third kappa shape index (κ3) is 5.81. The number of aliphatic carboxylic acids is 1. The lowest BCUT2D eigenvalue weighted by atomic mass is 10.3. The molecule has 0 atom stereocenters. The number of carboxylic acid groups (broad SMARTS) is 1. The summed E-state index contributed by atoms with van der Waals surface area (Å²) in [5.41, 5.74) is 0.616. The first-order valence-electron chi connectivity index (χ1n) is 9.33. The molecule has 0 saturated heterocycles. The highest BCUT2D eigenvalue weighted by atomic mass is 32.1. The van der Waals surface area contributed by atoms with Gasteiger partial charge in [0.15, 0.2) is 0 Å². The van der Waals surface area contributed by atoms with Crippen molar-refractivity contribution in [3.05, 3.63) is 69.0 Å². The Balaban J connectivity index is 0.000000360. The number of thiophene rings is 1. The summed E-state index contributed by atoms with van der Waals surface area (Å²) in [5, 5.41) is 9.02. The van der Waals surface area contributed by atoms with E-state index in [9.17, 15) is 22.8 Å². The zero-order valence-corrected chi connectivity index (χ0v) is 17.3. The van der Waals surface area contributed by atoms with Crippen LogP contribution in [-0.4, -0.2) is 53.7 Å². The van der Waals surface area contributed by atoms with Crippen molar-refractivity contribution in [2.24, 2.45) is 0 Å². The zero-order valence-electron chi connectivity index (χ0n) is 16.5. The Morgan fingerprint density at radius 2 is 2.00 bits per heavy atom. The van der Waals surface area contributed by atoms with Crippen molar-refractivity contribution in [1.82, 2.24) is 24.0 Å². The van der Waals surface area contributed by atoms with Crippen LogP contribution in [0.1, 0.15) is 27.6 Å². The number of alkyl halides is 3. The lowest BCUT2D eigenvalue weighted by Crippen LogP contribution is -2.31. The summed E-state index contributed by atoms with van der Waals surface area (Å²) in [4.78, 5) is 45.2. The number of hydrogen-bond donors (Lipinski definition) is 1. The van der Waals surface area contributed by atoms with Gasteiger partial charge < -0.3 is 14.6 Å². The summed E-state index contributed by atoms with van der Waals surface area (Å²) in [6.45, 7) is 2.04. The highest BCUT2D eigenvalue weighted by Gasteiger charge is 2.38. The fourth-order valence-corrected chi connectivity index (χ4v) is 3.70. The Bertz CT molecular complexity index is 1130. The minimum atomic E-state index is -5.08. The number of carboxylic acids is 1. The molecule has 170 valence electrons. The number of aromatic nitrogens is 4. The molecule has 3 aromatic rings. The molecule has 13 heteroatoms. The van der Waals surface area contributed by atoms with E-state index in [-0.39, 0.29) is 11.5 Å². The first-order valence-corrected chi connectivity index (χ1v) is 10.2. The average Bonchev–Trinajstić information content (AvgIpc) is 3.38. The van der Waals surface area contributed by atoms with Gasteiger partial charge in [0, 0.05) is 31.5 Å². The second kappa shape index (κ2) is 9.77. The van der Waals surface area contributed by atoms with Gasteiger partial charge in [-0.1, -0.05) is 6.07 Å². The maximum Gasteiger partial charge on any atom is 0.490 e. The Hall–Kier alpha value is -3.48.